The molecule has 46 valence electrons. The Morgan fingerprint density at radius 3 is 2.78 bits per heavy atom. The second kappa shape index (κ2) is 2.40. The lowest BCUT2D eigenvalue weighted by molar-refractivity contribution is -0.672. The third kappa shape index (κ3) is 1.13. The lowest BCUT2D eigenvalue weighted by Crippen LogP contribution is -2.32. The lowest BCUT2D eigenvalue weighted by Gasteiger charge is -1.87. The van der Waals surface area contributed by atoms with Crippen LogP contribution in [-0.4, -0.2) is 6.21 Å². The lowest BCUT2D eigenvalue weighted by atomic mass is 10.4. The summed E-state index contributed by atoms with van der Waals surface area (Å²) in [4.78, 5) is 0. The summed E-state index contributed by atoms with van der Waals surface area (Å²) in [5.41, 5.74) is 0.914. The van der Waals surface area contributed by atoms with Crippen molar-refractivity contribution in [1.29, 1.82) is 5.41 Å². The van der Waals surface area contributed by atoms with Crippen LogP contribution < -0.4 is 4.57 Å². The van der Waals surface area contributed by atoms with E-state index in [2.05, 4.69) is 0 Å². The van der Waals surface area contributed by atoms with Crippen molar-refractivity contribution in [3.8, 4) is 0 Å². The molecular weight excluding hydrogens is 112 g/mol. The molecule has 1 heterocycles. The van der Waals surface area contributed by atoms with E-state index in [9.17, 15) is 0 Å². The first-order chi connectivity index (χ1) is 4.34. The Morgan fingerprint density at radius 2 is 2.33 bits per heavy atom. The predicted molar refractivity (Wildman–Crippen MR) is 35.5 cm³/mol. The molecule has 0 aliphatic carbocycles. The second-order valence-corrected chi connectivity index (χ2v) is 1.88. The third-order valence-electron chi connectivity index (χ3n) is 1.24. The van der Waals surface area contributed by atoms with Crippen LogP contribution in [0.1, 0.15) is 5.69 Å². The largest absolute Gasteiger partial charge is 0.302 e. The first-order valence-corrected chi connectivity index (χ1v) is 2.80. The Hall–Kier alpha value is -1.18. The van der Waals surface area contributed by atoms with Gasteiger partial charge in [-0.15, -0.1) is 0 Å². The van der Waals surface area contributed by atoms with Crippen molar-refractivity contribution in [3.63, 3.8) is 0 Å². The Bertz CT molecular complexity index is 218. The van der Waals surface area contributed by atoms with Crippen LogP contribution in [0.5, 0.6) is 0 Å². The van der Waals surface area contributed by atoms with Crippen LogP contribution in [-0.2, 0) is 7.05 Å². The zero-order valence-electron chi connectivity index (χ0n) is 5.33. The molecule has 1 aromatic heterocycles. The van der Waals surface area contributed by atoms with E-state index in [1.165, 1.54) is 6.21 Å². The molecular formula is C7H9N2+. The molecule has 0 unspecified atom stereocenters. The van der Waals surface area contributed by atoms with Crippen LogP contribution in [0.25, 0.3) is 0 Å². The van der Waals surface area contributed by atoms with Crippen molar-refractivity contribution in [1.82, 2.24) is 0 Å². The summed E-state index contributed by atoms with van der Waals surface area (Å²) in [5, 5.41) is 6.94. The number of nitrogens with one attached hydrogen (secondary N) is 1. The van der Waals surface area contributed by atoms with Gasteiger partial charge in [-0.2, -0.15) is 0 Å². The van der Waals surface area contributed by atoms with Crippen molar-refractivity contribution >= 4 is 6.21 Å². The van der Waals surface area contributed by atoms with E-state index in [4.69, 9.17) is 5.41 Å². The smallest absolute Gasteiger partial charge is 0.222 e. The maximum Gasteiger partial charge on any atom is 0.222 e. The van der Waals surface area contributed by atoms with E-state index in [0.29, 0.717) is 0 Å². The van der Waals surface area contributed by atoms with Crippen LogP contribution in [0.4, 0.5) is 0 Å². The highest BCUT2D eigenvalue weighted by Gasteiger charge is 1.96. The van der Waals surface area contributed by atoms with E-state index in [0.717, 1.165) is 5.69 Å². The fourth-order valence-corrected chi connectivity index (χ4v) is 0.686. The van der Waals surface area contributed by atoms with E-state index in [-0.39, 0.29) is 0 Å². The van der Waals surface area contributed by atoms with Gasteiger partial charge in [0.25, 0.3) is 0 Å². The number of hydrogen-bond donors (Lipinski definition) is 1. The van der Waals surface area contributed by atoms with Crippen molar-refractivity contribution in [2.75, 3.05) is 0 Å². The van der Waals surface area contributed by atoms with E-state index in [1.807, 2.05) is 36.0 Å². The Kier molecular flexibility index (Phi) is 1.58. The third-order valence-corrected chi connectivity index (χ3v) is 1.24. The monoisotopic (exact) mass is 121 g/mol. The normalized spacial score (nSPS) is 9.00. The molecule has 0 aliphatic heterocycles. The van der Waals surface area contributed by atoms with Crippen LogP contribution in [0.15, 0.2) is 24.4 Å². The average Bonchev–Trinajstić information content (AvgIpc) is 1.89. The van der Waals surface area contributed by atoms with Crippen molar-refractivity contribution < 1.29 is 4.57 Å². The van der Waals surface area contributed by atoms with Gasteiger partial charge < -0.3 is 5.41 Å². The minimum absolute atomic E-state index is 0.914. The van der Waals surface area contributed by atoms with Gasteiger partial charge in [0.05, 0.1) is 6.21 Å². The van der Waals surface area contributed by atoms with Gasteiger partial charge in [-0.05, 0) is 6.07 Å². The summed E-state index contributed by atoms with van der Waals surface area (Å²) in [6.07, 6.45) is 3.25. The maximum absolute atomic E-state index is 6.94. The fourth-order valence-electron chi connectivity index (χ4n) is 0.686. The first-order valence-electron chi connectivity index (χ1n) is 2.80. The Balaban J connectivity index is 3.15. The zero-order chi connectivity index (χ0) is 6.69. The van der Waals surface area contributed by atoms with Gasteiger partial charge in [0, 0.05) is 12.1 Å². The number of pyridine rings is 1. The first kappa shape index (κ1) is 5.95. The summed E-state index contributed by atoms with van der Waals surface area (Å²) in [6.45, 7) is 0. The van der Waals surface area contributed by atoms with Crippen LogP contribution in [0, 0.1) is 5.41 Å². The van der Waals surface area contributed by atoms with E-state index in [1.54, 1.807) is 0 Å². The molecule has 9 heavy (non-hydrogen) atoms. The molecule has 0 aliphatic rings. The summed E-state index contributed by atoms with van der Waals surface area (Å²) in [7, 11) is 1.92. The minimum atomic E-state index is 0.914. The Morgan fingerprint density at radius 1 is 1.56 bits per heavy atom. The molecule has 0 saturated carbocycles. The number of rotatable bonds is 1. The van der Waals surface area contributed by atoms with Crippen LogP contribution >= 0.6 is 0 Å². The summed E-state index contributed by atoms with van der Waals surface area (Å²) < 4.78 is 1.90. The molecule has 0 amide bonds. The molecule has 2 heteroatoms. The molecule has 0 saturated heterocycles. The number of aromatic nitrogens is 1. The maximum atomic E-state index is 6.94. The van der Waals surface area contributed by atoms with Gasteiger partial charge in [-0.25, -0.2) is 4.57 Å². The van der Waals surface area contributed by atoms with Gasteiger partial charge >= 0.3 is 0 Å². The molecule has 0 fully saturated rings. The van der Waals surface area contributed by atoms with E-state index < -0.39 is 0 Å². The highest BCUT2D eigenvalue weighted by Crippen LogP contribution is 1.82. The number of nitrogens with zero attached hydrogens (tertiary/aromatic N) is 1. The van der Waals surface area contributed by atoms with Crippen molar-refractivity contribution in [2.45, 2.75) is 0 Å². The van der Waals surface area contributed by atoms with Gasteiger partial charge in [0.2, 0.25) is 5.69 Å². The fraction of sp³-hybridized carbons (Fsp3) is 0.143. The number of aryl methyl sites for hydroxylation is 1. The zero-order valence-corrected chi connectivity index (χ0v) is 5.33. The standard InChI is InChI=1S/C7H9N2/c1-9-5-3-2-4-7(9)6-8/h2-6,8H,1H3/q+1. The molecule has 1 aromatic rings. The van der Waals surface area contributed by atoms with Crippen molar-refractivity contribution in [3.05, 3.63) is 30.1 Å². The summed E-state index contributed by atoms with van der Waals surface area (Å²) >= 11 is 0. The Labute approximate surface area is 54.3 Å². The van der Waals surface area contributed by atoms with Gasteiger partial charge in [0.15, 0.2) is 6.20 Å². The molecule has 0 bridgehead atoms. The van der Waals surface area contributed by atoms with Gasteiger partial charge in [-0.1, -0.05) is 0 Å². The average molecular weight is 121 g/mol. The molecule has 0 spiro atoms. The van der Waals surface area contributed by atoms with Gasteiger partial charge in [-0.3, -0.25) is 0 Å². The molecule has 0 aromatic carbocycles. The topological polar surface area (TPSA) is 27.7 Å². The molecule has 0 radical (unpaired) electrons. The quantitative estimate of drug-likeness (QED) is 0.414. The minimum Gasteiger partial charge on any atom is -0.302 e. The SMILES string of the molecule is C[n+]1ccccc1C=N. The molecule has 2 nitrogen and oxygen atoms in total. The molecule has 0 atom stereocenters. The second-order valence-electron chi connectivity index (χ2n) is 1.88. The van der Waals surface area contributed by atoms with Crippen molar-refractivity contribution in [2.24, 2.45) is 7.05 Å². The predicted octanol–water partition coefficient (Wildman–Crippen LogP) is 0.509. The summed E-state index contributed by atoms with van der Waals surface area (Å²) in [6, 6.07) is 5.75. The number of hydrogen-bond acceptors (Lipinski definition) is 1. The van der Waals surface area contributed by atoms with E-state index >= 15 is 0 Å². The summed E-state index contributed by atoms with van der Waals surface area (Å²) in [5.74, 6) is 0. The highest BCUT2D eigenvalue weighted by atomic mass is 14.9. The molecule has 1 rings (SSSR count). The van der Waals surface area contributed by atoms with Crippen LogP contribution in [0.2, 0.25) is 0 Å². The highest BCUT2D eigenvalue weighted by molar-refractivity contribution is 5.71. The molecule has 1 N–H and O–H groups in total. The van der Waals surface area contributed by atoms with Gasteiger partial charge in [0.1, 0.15) is 7.05 Å². The van der Waals surface area contributed by atoms with Crippen LogP contribution in [0.3, 0.4) is 0 Å².